The number of nitrogens with one attached hydrogen (secondary N) is 1. The zero-order valence-electron chi connectivity index (χ0n) is 12.9. The highest BCUT2D eigenvalue weighted by atomic mass is 19.1. The third-order valence-corrected chi connectivity index (χ3v) is 4.60. The first kappa shape index (κ1) is 15.5. The second-order valence-electron chi connectivity index (χ2n) is 6.20. The SMILES string of the molecule is CNC(CCN1CCC(C)CC1C)c1ccc(F)cc1. The van der Waals surface area contributed by atoms with Crippen molar-refractivity contribution in [1.29, 1.82) is 0 Å². The van der Waals surface area contributed by atoms with Crippen LogP contribution in [0.1, 0.15) is 44.7 Å². The maximum Gasteiger partial charge on any atom is 0.123 e. The molecule has 1 fully saturated rings. The standard InChI is InChI=1S/C17H27FN2/c1-13-8-10-20(14(2)12-13)11-9-17(19-3)15-4-6-16(18)7-5-15/h4-7,13-14,17,19H,8-12H2,1-3H3. The van der Waals surface area contributed by atoms with Crippen molar-refractivity contribution in [1.82, 2.24) is 10.2 Å². The largest absolute Gasteiger partial charge is 0.313 e. The van der Waals surface area contributed by atoms with Crippen LogP contribution in [0.4, 0.5) is 4.39 Å². The Kier molecular flexibility index (Phi) is 5.55. The molecule has 3 unspecified atom stereocenters. The molecule has 0 saturated carbocycles. The lowest BCUT2D eigenvalue weighted by molar-refractivity contribution is 0.124. The molecule has 1 saturated heterocycles. The monoisotopic (exact) mass is 278 g/mol. The molecule has 0 aliphatic carbocycles. The minimum absolute atomic E-state index is 0.165. The van der Waals surface area contributed by atoms with Gasteiger partial charge in [0.2, 0.25) is 0 Å². The second-order valence-corrected chi connectivity index (χ2v) is 6.20. The normalized spacial score (nSPS) is 25.6. The van der Waals surface area contributed by atoms with Crippen molar-refractivity contribution in [3.05, 3.63) is 35.6 Å². The van der Waals surface area contributed by atoms with E-state index < -0.39 is 0 Å². The number of likely N-dealkylation sites (tertiary alicyclic amines) is 1. The number of piperidine rings is 1. The predicted octanol–water partition coefficient (Wildman–Crippen LogP) is 3.60. The highest BCUT2D eigenvalue weighted by Gasteiger charge is 2.23. The van der Waals surface area contributed by atoms with Crippen molar-refractivity contribution in [2.45, 2.75) is 45.2 Å². The fourth-order valence-electron chi connectivity index (χ4n) is 3.26. The lowest BCUT2D eigenvalue weighted by Gasteiger charge is -2.37. The van der Waals surface area contributed by atoms with E-state index in [1.54, 1.807) is 12.1 Å². The average Bonchev–Trinajstić information content (AvgIpc) is 2.43. The Morgan fingerprint density at radius 3 is 2.60 bits per heavy atom. The summed E-state index contributed by atoms with van der Waals surface area (Å²) in [7, 11) is 1.98. The molecule has 0 amide bonds. The summed E-state index contributed by atoms with van der Waals surface area (Å²) >= 11 is 0. The van der Waals surface area contributed by atoms with Crippen LogP contribution in [0.2, 0.25) is 0 Å². The fourth-order valence-corrected chi connectivity index (χ4v) is 3.26. The first-order valence-corrected chi connectivity index (χ1v) is 7.77. The Morgan fingerprint density at radius 2 is 2.00 bits per heavy atom. The molecule has 2 rings (SSSR count). The topological polar surface area (TPSA) is 15.3 Å². The van der Waals surface area contributed by atoms with Gasteiger partial charge in [0.15, 0.2) is 0 Å². The summed E-state index contributed by atoms with van der Waals surface area (Å²) in [6.07, 6.45) is 3.69. The van der Waals surface area contributed by atoms with Crippen LogP contribution in [0.25, 0.3) is 0 Å². The van der Waals surface area contributed by atoms with E-state index >= 15 is 0 Å². The smallest absolute Gasteiger partial charge is 0.123 e. The summed E-state index contributed by atoms with van der Waals surface area (Å²) in [6.45, 7) is 7.00. The Balaban J connectivity index is 1.89. The van der Waals surface area contributed by atoms with E-state index in [0.717, 1.165) is 18.9 Å². The summed E-state index contributed by atoms with van der Waals surface area (Å²) < 4.78 is 13.0. The van der Waals surface area contributed by atoms with Crippen LogP contribution in [0, 0.1) is 11.7 Å². The van der Waals surface area contributed by atoms with E-state index in [4.69, 9.17) is 0 Å². The van der Waals surface area contributed by atoms with Crippen molar-refractivity contribution in [3.63, 3.8) is 0 Å². The van der Waals surface area contributed by atoms with Gasteiger partial charge in [-0.05, 0) is 63.4 Å². The van der Waals surface area contributed by atoms with Gasteiger partial charge < -0.3 is 10.2 Å². The summed E-state index contributed by atoms with van der Waals surface area (Å²) in [5.41, 5.74) is 1.17. The average molecular weight is 278 g/mol. The summed E-state index contributed by atoms with van der Waals surface area (Å²) in [5, 5.41) is 3.35. The summed E-state index contributed by atoms with van der Waals surface area (Å²) in [4.78, 5) is 2.59. The third kappa shape index (κ3) is 4.03. The number of halogens is 1. The van der Waals surface area contributed by atoms with E-state index in [1.165, 1.54) is 24.9 Å². The van der Waals surface area contributed by atoms with Crippen LogP contribution in [-0.2, 0) is 0 Å². The summed E-state index contributed by atoms with van der Waals surface area (Å²) in [6, 6.07) is 7.86. The lowest BCUT2D eigenvalue weighted by atomic mass is 9.93. The van der Waals surface area contributed by atoms with Crippen molar-refractivity contribution in [3.8, 4) is 0 Å². The number of benzene rings is 1. The van der Waals surface area contributed by atoms with E-state index in [0.29, 0.717) is 12.1 Å². The molecule has 20 heavy (non-hydrogen) atoms. The minimum Gasteiger partial charge on any atom is -0.313 e. The molecular weight excluding hydrogens is 251 g/mol. The van der Waals surface area contributed by atoms with E-state index in [9.17, 15) is 4.39 Å². The minimum atomic E-state index is -0.165. The Hall–Kier alpha value is -0.930. The van der Waals surface area contributed by atoms with Crippen LogP contribution in [0.5, 0.6) is 0 Å². The van der Waals surface area contributed by atoms with Crippen LogP contribution in [0.15, 0.2) is 24.3 Å². The molecule has 0 spiro atoms. The molecule has 0 radical (unpaired) electrons. The number of rotatable bonds is 5. The van der Waals surface area contributed by atoms with Crippen LogP contribution >= 0.6 is 0 Å². The molecule has 1 heterocycles. The second kappa shape index (κ2) is 7.19. The molecule has 1 aromatic carbocycles. The van der Waals surface area contributed by atoms with Gasteiger partial charge in [-0.2, -0.15) is 0 Å². The predicted molar refractivity (Wildman–Crippen MR) is 82.3 cm³/mol. The lowest BCUT2D eigenvalue weighted by Crippen LogP contribution is -2.41. The maximum atomic E-state index is 13.0. The first-order valence-electron chi connectivity index (χ1n) is 7.77. The quantitative estimate of drug-likeness (QED) is 0.885. The zero-order chi connectivity index (χ0) is 14.5. The highest BCUT2D eigenvalue weighted by Crippen LogP contribution is 2.24. The molecule has 0 bridgehead atoms. The van der Waals surface area contributed by atoms with E-state index in [-0.39, 0.29) is 5.82 Å². The Morgan fingerprint density at radius 1 is 1.30 bits per heavy atom. The Bertz CT molecular complexity index is 404. The third-order valence-electron chi connectivity index (χ3n) is 4.60. The first-order chi connectivity index (χ1) is 9.60. The number of nitrogens with zero attached hydrogens (tertiary/aromatic N) is 1. The van der Waals surface area contributed by atoms with E-state index in [1.807, 2.05) is 19.2 Å². The molecule has 112 valence electrons. The van der Waals surface area contributed by atoms with Gasteiger partial charge >= 0.3 is 0 Å². The van der Waals surface area contributed by atoms with Gasteiger partial charge in [0.25, 0.3) is 0 Å². The van der Waals surface area contributed by atoms with Crippen molar-refractivity contribution >= 4 is 0 Å². The maximum absolute atomic E-state index is 13.0. The number of hydrogen-bond donors (Lipinski definition) is 1. The molecular formula is C17H27FN2. The molecule has 2 nitrogen and oxygen atoms in total. The van der Waals surface area contributed by atoms with Crippen molar-refractivity contribution in [2.24, 2.45) is 5.92 Å². The molecule has 1 aliphatic heterocycles. The van der Waals surface area contributed by atoms with Gasteiger partial charge in [0, 0.05) is 18.6 Å². The van der Waals surface area contributed by atoms with Crippen LogP contribution < -0.4 is 5.32 Å². The van der Waals surface area contributed by atoms with Gasteiger partial charge in [-0.25, -0.2) is 4.39 Å². The van der Waals surface area contributed by atoms with Gasteiger partial charge in [0.05, 0.1) is 0 Å². The summed E-state index contributed by atoms with van der Waals surface area (Å²) in [5.74, 6) is 0.695. The molecule has 1 aliphatic rings. The van der Waals surface area contributed by atoms with E-state index in [2.05, 4.69) is 24.1 Å². The van der Waals surface area contributed by atoms with Crippen molar-refractivity contribution in [2.75, 3.05) is 20.1 Å². The zero-order valence-corrected chi connectivity index (χ0v) is 12.9. The molecule has 0 aromatic heterocycles. The fraction of sp³-hybridized carbons (Fsp3) is 0.647. The number of hydrogen-bond acceptors (Lipinski definition) is 2. The molecule has 3 heteroatoms. The molecule has 1 N–H and O–H groups in total. The van der Waals surface area contributed by atoms with Crippen LogP contribution in [0.3, 0.4) is 0 Å². The van der Waals surface area contributed by atoms with Gasteiger partial charge in [-0.3, -0.25) is 0 Å². The molecule has 1 aromatic rings. The van der Waals surface area contributed by atoms with Gasteiger partial charge in [-0.15, -0.1) is 0 Å². The molecule has 3 atom stereocenters. The highest BCUT2D eigenvalue weighted by molar-refractivity contribution is 5.19. The Labute approximate surface area is 122 Å². The van der Waals surface area contributed by atoms with Gasteiger partial charge in [-0.1, -0.05) is 19.1 Å². The van der Waals surface area contributed by atoms with Crippen molar-refractivity contribution < 1.29 is 4.39 Å². The van der Waals surface area contributed by atoms with Crippen LogP contribution in [-0.4, -0.2) is 31.1 Å². The van der Waals surface area contributed by atoms with Gasteiger partial charge in [0.1, 0.15) is 5.82 Å².